The van der Waals surface area contributed by atoms with Gasteiger partial charge in [0.1, 0.15) is 12.4 Å². The highest BCUT2D eigenvalue weighted by molar-refractivity contribution is 5.77. The zero-order chi connectivity index (χ0) is 18.9. The van der Waals surface area contributed by atoms with Crippen LogP contribution in [0.15, 0.2) is 84.9 Å². The van der Waals surface area contributed by atoms with Crippen LogP contribution in [0.5, 0.6) is 5.75 Å². The normalized spacial score (nSPS) is 10.6. The first-order valence-electron chi connectivity index (χ1n) is 9.28. The molecule has 3 aromatic rings. The summed E-state index contributed by atoms with van der Waals surface area (Å²) in [5, 5.41) is 2.97. The topological polar surface area (TPSA) is 38.3 Å². The Morgan fingerprint density at radius 2 is 1.52 bits per heavy atom. The summed E-state index contributed by atoms with van der Waals surface area (Å²) in [5.74, 6) is 0.904. The molecule has 3 nitrogen and oxygen atoms in total. The average molecular weight is 359 g/mol. The largest absolute Gasteiger partial charge is 0.492 e. The van der Waals surface area contributed by atoms with Crippen LogP contribution in [-0.2, 0) is 4.79 Å². The summed E-state index contributed by atoms with van der Waals surface area (Å²) in [6, 6.07) is 28.3. The third-order valence-corrected chi connectivity index (χ3v) is 4.48. The van der Waals surface area contributed by atoms with E-state index < -0.39 is 0 Å². The number of aryl methyl sites for hydroxylation is 1. The van der Waals surface area contributed by atoms with E-state index in [0.717, 1.165) is 22.4 Å². The molecule has 0 aromatic heterocycles. The van der Waals surface area contributed by atoms with E-state index in [1.165, 1.54) is 0 Å². The molecule has 0 saturated heterocycles. The van der Waals surface area contributed by atoms with E-state index in [-0.39, 0.29) is 11.8 Å². The Balaban J connectivity index is 1.55. The first-order chi connectivity index (χ1) is 13.2. The van der Waals surface area contributed by atoms with E-state index in [2.05, 4.69) is 29.6 Å². The van der Waals surface area contributed by atoms with Crippen molar-refractivity contribution in [1.82, 2.24) is 5.32 Å². The van der Waals surface area contributed by atoms with E-state index in [1.54, 1.807) is 0 Å². The predicted octanol–water partition coefficient (Wildman–Crippen LogP) is 4.71. The highest BCUT2D eigenvalue weighted by Gasteiger charge is 2.17. The second kappa shape index (κ2) is 9.58. The summed E-state index contributed by atoms with van der Waals surface area (Å²) < 4.78 is 5.70. The fourth-order valence-corrected chi connectivity index (χ4v) is 3.12. The molecular weight excluding hydrogens is 334 g/mol. The van der Waals surface area contributed by atoms with E-state index in [0.29, 0.717) is 19.6 Å². The maximum absolute atomic E-state index is 12.5. The quantitative estimate of drug-likeness (QED) is 0.592. The van der Waals surface area contributed by atoms with Gasteiger partial charge in [0, 0.05) is 12.3 Å². The Morgan fingerprint density at radius 1 is 0.889 bits per heavy atom. The summed E-state index contributed by atoms with van der Waals surface area (Å²) in [6.07, 6.45) is 0.415. The average Bonchev–Trinajstić information content (AvgIpc) is 2.71. The highest BCUT2D eigenvalue weighted by atomic mass is 16.5. The van der Waals surface area contributed by atoms with Crippen molar-refractivity contribution in [2.75, 3.05) is 13.2 Å². The van der Waals surface area contributed by atoms with E-state index in [4.69, 9.17) is 4.74 Å². The fourth-order valence-electron chi connectivity index (χ4n) is 3.12. The molecule has 0 atom stereocenters. The first kappa shape index (κ1) is 18.7. The maximum Gasteiger partial charge on any atom is 0.221 e. The van der Waals surface area contributed by atoms with Crippen LogP contribution >= 0.6 is 0 Å². The Kier molecular flexibility index (Phi) is 6.64. The van der Waals surface area contributed by atoms with E-state index >= 15 is 0 Å². The molecule has 1 N–H and O–H groups in total. The second-order valence-corrected chi connectivity index (χ2v) is 6.59. The van der Waals surface area contributed by atoms with Gasteiger partial charge >= 0.3 is 0 Å². The Morgan fingerprint density at radius 3 is 2.11 bits per heavy atom. The SMILES string of the molecule is Cc1cccc(OCCNC(=O)CC(c2ccccc2)c2ccccc2)c1. The van der Waals surface area contributed by atoms with Crippen molar-refractivity contribution in [2.45, 2.75) is 19.3 Å². The summed E-state index contributed by atoms with van der Waals surface area (Å²) in [5.41, 5.74) is 3.45. The van der Waals surface area contributed by atoms with Crippen LogP contribution in [0.2, 0.25) is 0 Å². The molecule has 0 aliphatic rings. The molecule has 3 heteroatoms. The van der Waals surface area contributed by atoms with Gasteiger partial charge in [0.25, 0.3) is 0 Å². The van der Waals surface area contributed by atoms with Crippen LogP contribution in [0, 0.1) is 6.92 Å². The third kappa shape index (κ3) is 5.71. The van der Waals surface area contributed by atoms with Gasteiger partial charge in [-0.1, -0.05) is 72.8 Å². The molecule has 0 fully saturated rings. The Labute approximate surface area is 161 Å². The molecule has 0 heterocycles. The van der Waals surface area contributed by atoms with Crippen LogP contribution < -0.4 is 10.1 Å². The highest BCUT2D eigenvalue weighted by Crippen LogP contribution is 2.27. The number of amides is 1. The van der Waals surface area contributed by atoms with Crippen molar-refractivity contribution in [1.29, 1.82) is 0 Å². The summed E-state index contributed by atoms with van der Waals surface area (Å²) in [6.45, 7) is 2.97. The number of carbonyl (C=O) groups excluding carboxylic acids is 1. The first-order valence-corrected chi connectivity index (χ1v) is 9.28. The van der Waals surface area contributed by atoms with Crippen molar-refractivity contribution in [2.24, 2.45) is 0 Å². The smallest absolute Gasteiger partial charge is 0.221 e. The minimum absolute atomic E-state index is 0.0283. The van der Waals surface area contributed by atoms with Gasteiger partial charge in [-0.25, -0.2) is 0 Å². The summed E-state index contributed by atoms with van der Waals surface area (Å²) in [4.78, 5) is 12.5. The lowest BCUT2D eigenvalue weighted by Crippen LogP contribution is -2.29. The van der Waals surface area contributed by atoms with Crippen LogP contribution in [0.1, 0.15) is 29.0 Å². The summed E-state index contributed by atoms with van der Waals surface area (Å²) in [7, 11) is 0. The van der Waals surface area contributed by atoms with Crippen molar-refractivity contribution < 1.29 is 9.53 Å². The van der Waals surface area contributed by atoms with Gasteiger partial charge in [-0.05, 0) is 35.7 Å². The Hall–Kier alpha value is -3.07. The van der Waals surface area contributed by atoms with E-state index in [1.807, 2.05) is 67.6 Å². The molecule has 3 aromatic carbocycles. The number of carbonyl (C=O) groups is 1. The Bertz CT molecular complexity index is 807. The molecule has 0 aliphatic carbocycles. The van der Waals surface area contributed by atoms with Crippen LogP contribution in [0.3, 0.4) is 0 Å². The minimum Gasteiger partial charge on any atom is -0.492 e. The number of hydrogen-bond donors (Lipinski definition) is 1. The second-order valence-electron chi connectivity index (χ2n) is 6.59. The van der Waals surface area contributed by atoms with Gasteiger partial charge in [0.15, 0.2) is 0 Å². The number of hydrogen-bond acceptors (Lipinski definition) is 2. The molecule has 3 rings (SSSR count). The summed E-state index contributed by atoms with van der Waals surface area (Å²) >= 11 is 0. The van der Waals surface area contributed by atoms with E-state index in [9.17, 15) is 4.79 Å². The molecule has 0 spiro atoms. The lowest BCUT2D eigenvalue weighted by Gasteiger charge is -2.18. The number of ether oxygens (including phenoxy) is 1. The number of rotatable bonds is 8. The minimum atomic E-state index is 0.0283. The number of benzene rings is 3. The molecule has 0 unspecified atom stereocenters. The zero-order valence-corrected chi connectivity index (χ0v) is 15.6. The molecular formula is C24H25NO2. The third-order valence-electron chi connectivity index (χ3n) is 4.48. The number of nitrogens with one attached hydrogen (secondary N) is 1. The molecule has 0 radical (unpaired) electrons. The van der Waals surface area contributed by atoms with Crippen molar-refractivity contribution >= 4 is 5.91 Å². The van der Waals surface area contributed by atoms with Gasteiger partial charge in [0.2, 0.25) is 5.91 Å². The standard InChI is InChI=1S/C24H25NO2/c1-19-9-8-14-22(17-19)27-16-15-25-24(26)18-23(20-10-4-2-5-11-20)21-12-6-3-7-13-21/h2-14,17,23H,15-16,18H2,1H3,(H,25,26). The van der Waals surface area contributed by atoms with Crippen LogP contribution in [0.4, 0.5) is 0 Å². The molecule has 0 aliphatic heterocycles. The molecule has 0 saturated carbocycles. The van der Waals surface area contributed by atoms with Gasteiger partial charge in [-0.2, -0.15) is 0 Å². The van der Waals surface area contributed by atoms with Gasteiger partial charge < -0.3 is 10.1 Å². The molecule has 1 amide bonds. The molecule has 0 bridgehead atoms. The van der Waals surface area contributed by atoms with Gasteiger partial charge in [-0.3, -0.25) is 4.79 Å². The van der Waals surface area contributed by atoms with Gasteiger partial charge in [0.05, 0.1) is 6.54 Å². The van der Waals surface area contributed by atoms with Crippen LogP contribution in [0.25, 0.3) is 0 Å². The predicted molar refractivity (Wildman–Crippen MR) is 109 cm³/mol. The fraction of sp³-hybridized carbons (Fsp3) is 0.208. The lowest BCUT2D eigenvalue weighted by molar-refractivity contribution is -0.121. The maximum atomic E-state index is 12.5. The zero-order valence-electron chi connectivity index (χ0n) is 15.6. The lowest BCUT2D eigenvalue weighted by atomic mass is 9.88. The van der Waals surface area contributed by atoms with Crippen molar-refractivity contribution in [3.8, 4) is 5.75 Å². The molecule has 138 valence electrons. The monoisotopic (exact) mass is 359 g/mol. The van der Waals surface area contributed by atoms with Crippen molar-refractivity contribution in [3.63, 3.8) is 0 Å². The van der Waals surface area contributed by atoms with Crippen molar-refractivity contribution in [3.05, 3.63) is 102 Å². The molecule has 27 heavy (non-hydrogen) atoms. The van der Waals surface area contributed by atoms with Gasteiger partial charge in [-0.15, -0.1) is 0 Å². The van der Waals surface area contributed by atoms with Crippen LogP contribution in [-0.4, -0.2) is 19.1 Å².